The number of amides is 1. The third kappa shape index (κ3) is 12.1. The molecule has 10 nitrogen and oxygen atoms in total. The molecular weight excluding hydrogens is 763 g/mol. The van der Waals surface area contributed by atoms with Crippen LogP contribution in [0.25, 0.3) is 0 Å². The molecule has 0 fully saturated rings. The second-order valence-electron chi connectivity index (χ2n) is 15.5. The van der Waals surface area contributed by atoms with Crippen LogP contribution in [0.1, 0.15) is 122 Å². The molecule has 0 saturated carbocycles. The number of hydrogen-bond donors (Lipinski definition) is 1. The standard InChI is InChI=1S/C48H63NO9Si/c1-11-55-59(56-12-2,57-13-3)31-15-29-49-46(52)54-30-14-28-48(9,38-18-16-37(17-19-38)36(6)50)39-20-24-42(25-21-39)58-45(51)43-26-22-40(32-34(43)4)47(7,8)41-23-27-44(53-10)35(5)33-41/h16-27,32-33H,11-15,28-31H2,1-10H3,(H,49,52). The molecule has 0 aliphatic carbocycles. The second kappa shape index (κ2) is 21.4. The Balaban J connectivity index is 1.41. The lowest BCUT2D eigenvalue weighted by atomic mass is 9.73. The van der Waals surface area contributed by atoms with Crippen LogP contribution in [0, 0.1) is 13.8 Å². The maximum atomic E-state index is 13.5. The fourth-order valence-electron chi connectivity index (χ4n) is 7.43. The molecule has 0 aromatic heterocycles. The minimum Gasteiger partial charge on any atom is -0.496 e. The third-order valence-corrected chi connectivity index (χ3v) is 14.1. The van der Waals surface area contributed by atoms with Crippen LogP contribution in [0.5, 0.6) is 11.5 Å². The highest BCUT2D eigenvalue weighted by atomic mass is 28.4. The molecule has 4 aromatic rings. The van der Waals surface area contributed by atoms with Crippen LogP contribution in [-0.4, -0.2) is 66.7 Å². The minimum atomic E-state index is -2.78. The molecular formula is C48H63NO9Si. The van der Waals surface area contributed by atoms with Gasteiger partial charge in [-0.3, -0.25) is 4.79 Å². The van der Waals surface area contributed by atoms with Crippen LogP contribution >= 0.6 is 0 Å². The first-order chi connectivity index (χ1) is 28.1. The highest BCUT2D eigenvalue weighted by Crippen LogP contribution is 2.38. The third-order valence-electron chi connectivity index (χ3n) is 11.0. The van der Waals surface area contributed by atoms with E-state index in [-0.39, 0.29) is 17.8 Å². The Morgan fingerprint density at radius 3 is 1.76 bits per heavy atom. The molecule has 4 aromatic carbocycles. The van der Waals surface area contributed by atoms with E-state index >= 15 is 0 Å². The predicted octanol–water partition coefficient (Wildman–Crippen LogP) is 10.3. The Hall–Kier alpha value is -4.81. The van der Waals surface area contributed by atoms with E-state index < -0.39 is 26.3 Å². The van der Waals surface area contributed by atoms with Gasteiger partial charge in [-0.15, -0.1) is 0 Å². The molecule has 1 atom stereocenters. The Morgan fingerprint density at radius 2 is 1.24 bits per heavy atom. The number of benzene rings is 4. The topological polar surface area (TPSA) is 119 Å². The number of rotatable bonds is 22. The van der Waals surface area contributed by atoms with Crippen molar-refractivity contribution < 1.29 is 41.9 Å². The van der Waals surface area contributed by atoms with Gasteiger partial charge < -0.3 is 32.8 Å². The van der Waals surface area contributed by atoms with E-state index in [2.05, 4.69) is 44.3 Å². The molecule has 4 rings (SSSR count). The van der Waals surface area contributed by atoms with Crippen LogP contribution in [0.4, 0.5) is 4.79 Å². The number of hydrogen-bond acceptors (Lipinski definition) is 9. The Kier molecular flexibility index (Phi) is 17.0. The molecule has 1 N–H and O–H groups in total. The SMILES string of the molecule is CCO[Si](CCCNC(=O)OCCCC(C)(c1ccc(OC(=O)c2ccc(C(C)(C)c3ccc(OC)c(C)c3)cc2C)cc1)c1ccc(C(C)=O)cc1)(OCC)OCC. The molecule has 0 aliphatic rings. The smallest absolute Gasteiger partial charge is 0.496 e. The summed E-state index contributed by atoms with van der Waals surface area (Å²) < 4.78 is 34.6. The van der Waals surface area contributed by atoms with Crippen molar-refractivity contribution in [3.63, 3.8) is 0 Å². The van der Waals surface area contributed by atoms with Crippen molar-refractivity contribution in [2.24, 2.45) is 0 Å². The lowest BCUT2D eigenvalue weighted by Gasteiger charge is -2.31. The van der Waals surface area contributed by atoms with E-state index in [0.717, 1.165) is 39.1 Å². The zero-order chi connectivity index (χ0) is 43.2. The van der Waals surface area contributed by atoms with Crippen LogP contribution in [0.15, 0.2) is 84.9 Å². The number of Topliss-reactive ketones (excluding diaryl/α,β-unsaturated/α-hetero) is 1. The Morgan fingerprint density at radius 1 is 0.695 bits per heavy atom. The van der Waals surface area contributed by atoms with Gasteiger partial charge in [0.15, 0.2) is 5.78 Å². The van der Waals surface area contributed by atoms with E-state index in [1.807, 2.05) is 89.2 Å². The Labute approximate surface area is 352 Å². The van der Waals surface area contributed by atoms with Gasteiger partial charge in [0, 0.05) is 48.8 Å². The summed E-state index contributed by atoms with van der Waals surface area (Å²) in [6.45, 7) is 19.9. The number of carbonyl (C=O) groups is 3. The number of esters is 1. The molecule has 318 valence electrons. The molecule has 1 amide bonds. The van der Waals surface area contributed by atoms with Crippen molar-refractivity contribution in [1.29, 1.82) is 0 Å². The average Bonchev–Trinajstić information content (AvgIpc) is 3.21. The maximum Gasteiger partial charge on any atom is 0.500 e. The number of methoxy groups -OCH3 is 1. The van der Waals surface area contributed by atoms with Gasteiger partial charge >= 0.3 is 20.9 Å². The highest BCUT2D eigenvalue weighted by Gasteiger charge is 2.39. The van der Waals surface area contributed by atoms with Gasteiger partial charge in [-0.1, -0.05) is 81.4 Å². The van der Waals surface area contributed by atoms with Gasteiger partial charge in [-0.25, -0.2) is 9.59 Å². The molecule has 1 unspecified atom stereocenters. The van der Waals surface area contributed by atoms with Crippen LogP contribution in [-0.2, 0) is 28.8 Å². The lowest BCUT2D eigenvalue weighted by Crippen LogP contribution is -2.46. The number of ether oxygens (including phenoxy) is 3. The molecule has 0 radical (unpaired) electrons. The first kappa shape index (κ1) is 46.9. The van der Waals surface area contributed by atoms with Gasteiger partial charge in [-0.2, -0.15) is 0 Å². The van der Waals surface area contributed by atoms with Gasteiger partial charge in [0.25, 0.3) is 0 Å². The molecule has 59 heavy (non-hydrogen) atoms. The van der Waals surface area contributed by atoms with Crippen molar-refractivity contribution in [2.75, 3.05) is 40.1 Å². The molecule has 0 heterocycles. The predicted molar refractivity (Wildman–Crippen MR) is 234 cm³/mol. The largest absolute Gasteiger partial charge is 0.500 e. The normalized spacial score (nSPS) is 12.7. The lowest BCUT2D eigenvalue weighted by molar-refractivity contribution is 0.0704. The van der Waals surface area contributed by atoms with Gasteiger partial charge in [0.1, 0.15) is 11.5 Å². The monoisotopic (exact) mass is 825 g/mol. The zero-order valence-corrected chi connectivity index (χ0v) is 37.6. The molecule has 11 heteroatoms. The van der Waals surface area contributed by atoms with Crippen LogP contribution in [0.3, 0.4) is 0 Å². The molecule has 0 saturated heterocycles. The summed E-state index contributed by atoms with van der Waals surface area (Å²) in [4.78, 5) is 38.2. The maximum absolute atomic E-state index is 13.5. The van der Waals surface area contributed by atoms with Crippen molar-refractivity contribution in [2.45, 2.75) is 98.5 Å². The number of alkyl carbamates (subject to hydrolysis) is 1. The first-order valence-corrected chi connectivity index (χ1v) is 22.6. The Bertz CT molecular complexity index is 2000. The van der Waals surface area contributed by atoms with Crippen molar-refractivity contribution in [1.82, 2.24) is 5.32 Å². The van der Waals surface area contributed by atoms with E-state index in [1.54, 1.807) is 26.2 Å². The minimum absolute atomic E-state index is 0.00792. The van der Waals surface area contributed by atoms with Crippen molar-refractivity contribution in [3.8, 4) is 11.5 Å². The summed E-state index contributed by atoms with van der Waals surface area (Å²) in [6, 6.07) is 27.8. The number of ketones is 1. The summed E-state index contributed by atoms with van der Waals surface area (Å²) >= 11 is 0. The summed E-state index contributed by atoms with van der Waals surface area (Å²) in [6.07, 6.45) is 1.37. The number of carbonyl (C=O) groups excluding carboxylic acids is 3. The molecule has 0 spiro atoms. The van der Waals surface area contributed by atoms with Crippen molar-refractivity contribution >= 4 is 26.7 Å². The van der Waals surface area contributed by atoms with E-state index in [1.165, 1.54) is 0 Å². The first-order valence-electron chi connectivity index (χ1n) is 20.7. The van der Waals surface area contributed by atoms with Gasteiger partial charge in [0.05, 0.1) is 19.3 Å². The number of aryl methyl sites for hydroxylation is 2. The number of nitrogens with one attached hydrogen (secondary N) is 1. The summed E-state index contributed by atoms with van der Waals surface area (Å²) in [5, 5.41) is 2.83. The van der Waals surface area contributed by atoms with E-state index in [4.69, 9.17) is 27.5 Å². The quantitative estimate of drug-likeness (QED) is 0.0272. The van der Waals surface area contributed by atoms with Crippen LogP contribution in [0.2, 0.25) is 6.04 Å². The van der Waals surface area contributed by atoms with E-state index in [9.17, 15) is 14.4 Å². The van der Waals surface area contributed by atoms with Gasteiger partial charge in [-0.05, 0) is 118 Å². The summed E-state index contributed by atoms with van der Waals surface area (Å²) in [5.41, 5.74) is 6.44. The molecule has 0 bridgehead atoms. The van der Waals surface area contributed by atoms with Gasteiger partial charge in [0.2, 0.25) is 0 Å². The van der Waals surface area contributed by atoms with Crippen molar-refractivity contribution in [3.05, 3.63) is 129 Å². The summed E-state index contributed by atoms with van der Waals surface area (Å²) in [7, 11) is -1.11. The average molecular weight is 826 g/mol. The summed E-state index contributed by atoms with van der Waals surface area (Å²) in [5.74, 6) is 0.833. The highest BCUT2D eigenvalue weighted by molar-refractivity contribution is 6.60. The fraction of sp³-hybridized carbons (Fsp3) is 0.438. The fourth-order valence-corrected chi connectivity index (χ4v) is 10.0. The van der Waals surface area contributed by atoms with E-state index in [0.29, 0.717) is 68.5 Å². The second-order valence-corrected chi connectivity index (χ2v) is 18.2. The zero-order valence-electron chi connectivity index (χ0n) is 36.6. The molecule has 0 aliphatic heterocycles. The van der Waals surface area contributed by atoms with Crippen LogP contribution < -0.4 is 14.8 Å².